The number of nitrogens with zero attached hydrogens (tertiary/aromatic N) is 7. The lowest BCUT2D eigenvalue weighted by Crippen LogP contribution is -2.27. The number of benzene rings is 2. The van der Waals surface area contributed by atoms with Crippen LogP contribution in [0.1, 0.15) is 15.9 Å². The summed E-state index contributed by atoms with van der Waals surface area (Å²) in [4.78, 5) is 10.1. The Morgan fingerprint density at radius 2 is 1.29 bits per heavy atom. The lowest BCUT2D eigenvalue weighted by atomic mass is 9.92. The third kappa shape index (κ3) is 10.8. The van der Waals surface area contributed by atoms with Gasteiger partial charge in [-0.2, -0.15) is 49.7 Å². The van der Waals surface area contributed by atoms with Crippen molar-refractivity contribution in [3.63, 3.8) is 0 Å². The van der Waals surface area contributed by atoms with Crippen molar-refractivity contribution in [1.82, 2.24) is 0 Å². The summed E-state index contributed by atoms with van der Waals surface area (Å²) in [6, 6.07) is 5.33. The van der Waals surface area contributed by atoms with Crippen LogP contribution in [0.5, 0.6) is 0 Å². The number of Topliss-reactive ketones (excluding diaryl/α,β-unsaturated/α-hetero) is 1. The van der Waals surface area contributed by atoms with E-state index in [0.29, 0.717) is 17.8 Å². The van der Waals surface area contributed by atoms with Gasteiger partial charge in [-0.15, -0.1) is 20.5 Å². The predicted octanol–water partition coefficient (Wildman–Crippen LogP) is 4.06. The Labute approximate surface area is 367 Å². The van der Waals surface area contributed by atoms with Gasteiger partial charge in [-0.05, 0) is 100 Å². The summed E-state index contributed by atoms with van der Waals surface area (Å²) in [6.45, 7) is 0. The van der Waals surface area contributed by atoms with Gasteiger partial charge in [-0.25, -0.2) is 0 Å². The molecule has 0 saturated carbocycles. The molecular weight excluding hydrogens is 941 g/mol. The zero-order chi connectivity index (χ0) is 47.8. The van der Waals surface area contributed by atoms with Gasteiger partial charge in [-0.1, -0.05) is 12.2 Å². The SMILES string of the molecule is N=C1C=C(N)C=CC1=NN=C1C=CC(=CC=C2C=CC(=NN=C3C(=O)c4c(cc(S(=O)(=O)O)c(N=Nc5ccc(N(O)O)cc5)c4N)C=C3S(=O)(=O)O)C=C2S(=O)(=O)O)C([S+](=O)(O)O)=C1. The van der Waals surface area contributed by atoms with Gasteiger partial charge in [0.25, 0.3) is 30.4 Å². The fourth-order valence-corrected chi connectivity index (χ4v) is 8.53. The first-order valence-corrected chi connectivity index (χ1v) is 23.1. The molecule has 0 aliphatic heterocycles. The standard InChI is InChI=1S/C36H28N10O15S4/c37-21-5-12-27(26(38)15-21)43-41-23-6-3-18(28(16-23)62(50,51)52)1-2-19-4-7-24(17-29(19)63(53,54)55)42-45-35-31(65(59,60)61)14-20-13-30(64(56,57)58)34(33(39)32(20)36(35)47)44-40-22-8-10-25(11-9-22)46(48)49/h1-17,48-49H,(H9-,37,38,39,40,47,50,51,52,53,54,55,56,57,58,59,60,61)/p+1. The molecule has 0 spiro atoms. The van der Waals surface area contributed by atoms with E-state index >= 15 is 0 Å². The smallest absolute Gasteiger partial charge is 0.387 e. The number of azo groups is 1. The summed E-state index contributed by atoms with van der Waals surface area (Å²) in [7, 11) is -20.5. The number of fused-ring (bicyclic) bond motifs is 1. The molecule has 0 fully saturated rings. The van der Waals surface area contributed by atoms with E-state index in [4.69, 9.17) is 27.3 Å². The van der Waals surface area contributed by atoms with Gasteiger partial charge in [0.05, 0.1) is 39.8 Å². The molecule has 12 N–H and O–H groups in total. The Balaban J connectivity index is 1.38. The first kappa shape index (κ1) is 47.3. The van der Waals surface area contributed by atoms with E-state index in [0.717, 1.165) is 48.6 Å². The quantitative estimate of drug-likeness (QED) is 0.0401. The van der Waals surface area contributed by atoms with Crippen LogP contribution in [0.2, 0.25) is 0 Å². The molecule has 0 bridgehead atoms. The van der Waals surface area contributed by atoms with Crippen LogP contribution in [-0.2, 0) is 45.1 Å². The summed E-state index contributed by atoms with van der Waals surface area (Å²) < 4.78 is 138. The minimum absolute atomic E-state index is 0.0278. The molecule has 25 nitrogen and oxygen atoms in total. The number of carbonyl (C=O) groups is 1. The molecule has 2 aromatic rings. The number of nitrogens with one attached hydrogen (secondary N) is 1. The average Bonchev–Trinajstić information content (AvgIpc) is 3.20. The summed E-state index contributed by atoms with van der Waals surface area (Å²) in [6.07, 6.45) is 13.3. The molecule has 336 valence electrons. The lowest BCUT2D eigenvalue weighted by molar-refractivity contribution is 0.0291. The van der Waals surface area contributed by atoms with Crippen molar-refractivity contribution in [1.29, 1.82) is 5.41 Å². The molecular formula is C36H29N10O15S4+. The van der Waals surface area contributed by atoms with Crippen LogP contribution < -0.4 is 16.7 Å². The van der Waals surface area contributed by atoms with Crippen molar-refractivity contribution in [2.45, 2.75) is 4.90 Å². The van der Waals surface area contributed by atoms with Gasteiger partial charge in [0, 0.05) is 17.3 Å². The highest BCUT2D eigenvalue weighted by atomic mass is 32.3. The van der Waals surface area contributed by atoms with Gasteiger partial charge >= 0.3 is 10.5 Å². The third-order valence-electron chi connectivity index (χ3n) is 8.76. The number of hydrogen-bond donors (Lipinski definition) is 10. The Morgan fingerprint density at radius 3 is 1.88 bits per heavy atom. The van der Waals surface area contributed by atoms with E-state index in [1.165, 1.54) is 42.5 Å². The van der Waals surface area contributed by atoms with Crippen LogP contribution in [0, 0.1) is 5.41 Å². The molecule has 0 radical (unpaired) electrons. The Kier molecular flexibility index (Phi) is 12.9. The number of ketones is 1. The molecule has 29 heteroatoms. The van der Waals surface area contributed by atoms with Crippen LogP contribution in [0.4, 0.5) is 22.7 Å². The van der Waals surface area contributed by atoms with Crippen molar-refractivity contribution in [3.05, 3.63) is 140 Å². The third-order valence-corrected chi connectivity index (χ3v) is 12.3. The first-order valence-electron chi connectivity index (χ1n) is 17.3. The zero-order valence-electron chi connectivity index (χ0n) is 32.1. The second-order valence-corrected chi connectivity index (χ2v) is 18.8. The molecule has 2 aromatic carbocycles. The monoisotopic (exact) mass is 969 g/mol. The Bertz CT molecular complexity index is 3340. The molecule has 0 aromatic heterocycles. The number of rotatable bonds is 10. The molecule has 4 aliphatic rings. The minimum Gasteiger partial charge on any atom is -0.399 e. The van der Waals surface area contributed by atoms with Crippen molar-refractivity contribution >= 4 is 104 Å². The van der Waals surface area contributed by atoms with Crippen molar-refractivity contribution in [3.8, 4) is 0 Å². The van der Waals surface area contributed by atoms with Gasteiger partial charge in [-0.3, -0.25) is 34.3 Å². The molecule has 4 aliphatic carbocycles. The highest BCUT2D eigenvalue weighted by molar-refractivity contribution is 7.96. The van der Waals surface area contributed by atoms with Gasteiger partial charge in [0.15, 0.2) is 5.71 Å². The van der Waals surface area contributed by atoms with E-state index in [1.807, 2.05) is 0 Å². The largest absolute Gasteiger partial charge is 0.399 e. The highest BCUT2D eigenvalue weighted by Gasteiger charge is 2.38. The summed E-state index contributed by atoms with van der Waals surface area (Å²) >= 11 is 0. The number of nitrogens with two attached hydrogens (primary N) is 2. The summed E-state index contributed by atoms with van der Waals surface area (Å²) in [5, 5.41) is 48.7. The number of anilines is 2. The zero-order valence-corrected chi connectivity index (χ0v) is 35.4. The maximum atomic E-state index is 13.9. The normalized spacial score (nSPS) is 20.8. The molecule has 65 heavy (non-hydrogen) atoms. The molecule has 0 heterocycles. The van der Waals surface area contributed by atoms with E-state index in [9.17, 15) is 57.0 Å². The van der Waals surface area contributed by atoms with Crippen molar-refractivity contribution in [2.24, 2.45) is 36.4 Å². The number of nitrogen functional groups attached to an aromatic ring is 1. The van der Waals surface area contributed by atoms with Crippen LogP contribution in [0.3, 0.4) is 0 Å². The van der Waals surface area contributed by atoms with Gasteiger partial charge < -0.3 is 11.5 Å². The summed E-state index contributed by atoms with van der Waals surface area (Å²) in [5.74, 6) is -1.40. The predicted molar refractivity (Wildman–Crippen MR) is 236 cm³/mol. The molecule has 6 rings (SSSR count). The van der Waals surface area contributed by atoms with E-state index < -0.39 is 100 Å². The maximum Gasteiger partial charge on any atom is 0.387 e. The topological polar surface area (TPSA) is 431 Å². The van der Waals surface area contributed by atoms with Gasteiger partial charge in [0.1, 0.15) is 26.1 Å². The van der Waals surface area contributed by atoms with Crippen LogP contribution in [0.15, 0.2) is 164 Å². The molecule has 0 atom stereocenters. The number of allylic oxidation sites excluding steroid dienone is 14. The number of hydrogen-bond acceptors (Lipinski definition) is 20. The Hall–Kier alpha value is -7.16. The van der Waals surface area contributed by atoms with E-state index in [2.05, 4.69) is 30.6 Å². The van der Waals surface area contributed by atoms with E-state index in [1.54, 1.807) is 0 Å². The average molecular weight is 970 g/mol. The Morgan fingerprint density at radius 1 is 0.692 bits per heavy atom. The minimum atomic E-state index is -5.40. The highest BCUT2D eigenvalue weighted by Crippen LogP contribution is 2.41. The fourth-order valence-electron chi connectivity index (χ4n) is 5.79. The first-order chi connectivity index (χ1) is 30.2. The van der Waals surface area contributed by atoms with E-state index in [-0.39, 0.29) is 44.9 Å². The lowest BCUT2D eigenvalue weighted by Gasteiger charge is -2.19. The molecule has 0 unspecified atom stereocenters. The number of carbonyl (C=O) groups excluding carboxylic acids is 1. The maximum absolute atomic E-state index is 13.9. The van der Waals surface area contributed by atoms with Gasteiger partial charge in [0.2, 0.25) is 10.7 Å². The van der Waals surface area contributed by atoms with Crippen molar-refractivity contribution < 1.29 is 67.4 Å². The summed E-state index contributed by atoms with van der Waals surface area (Å²) in [5.41, 5.74) is 7.11. The molecule has 0 amide bonds. The van der Waals surface area contributed by atoms with Crippen molar-refractivity contribution in [2.75, 3.05) is 11.0 Å². The van der Waals surface area contributed by atoms with Crippen LogP contribution in [-0.4, -0.2) is 92.8 Å². The second-order valence-electron chi connectivity index (χ2n) is 13.2. The van der Waals surface area contributed by atoms with Crippen LogP contribution >= 0.6 is 0 Å². The molecule has 0 saturated heterocycles. The second kappa shape index (κ2) is 17.8. The fraction of sp³-hybridized carbons (Fsp3) is 0. The van der Waals surface area contributed by atoms with Crippen LogP contribution in [0.25, 0.3) is 6.08 Å².